The van der Waals surface area contributed by atoms with Gasteiger partial charge >= 0.3 is 6.18 Å². The number of amides is 1. The molecule has 3 aromatic rings. The lowest BCUT2D eigenvalue weighted by molar-refractivity contribution is -0.151. The van der Waals surface area contributed by atoms with E-state index in [2.05, 4.69) is 25.1 Å². The van der Waals surface area contributed by atoms with Crippen LogP contribution < -0.4 is 9.64 Å². The quantitative estimate of drug-likeness (QED) is 0.323. The lowest BCUT2D eigenvalue weighted by atomic mass is 9.90. The van der Waals surface area contributed by atoms with E-state index in [9.17, 15) is 22.4 Å². The van der Waals surface area contributed by atoms with Crippen molar-refractivity contribution in [3.8, 4) is 5.75 Å². The molecule has 1 aromatic carbocycles. The molecule has 1 saturated heterocycles. The number of carbonyl (C=O) groups is 1. The zero-order chi connectivity index (χ0) is 31.2. The first-order valence-corrected chi connectivity index (χ1v) is 15.1. The molecule has 236 valence electrons. The molecule has 6 rings (SSSR count). The number of alkyl halides is 3. The molecule has 1 amide bonds. The second kappa shape index (κ2) is 11.6. The van der Waals surface area contributed by atoms with Gasteiger partial charge in [-0.05, 0) is 81.4 Å². The van der Waals surface area contributed by atoms with Gasteiger partial charge in [-0.1, -0.05) is 6.07 Å². The zero-order valence-electron chi connectivity index (χ0n) is 25.1. The molecule has 0 unspecified atom stereocenters. The number of fused-ring (bicyclic) bond motifs is 1. The molecule has 4 heterocycles. The van der Waals surface area contributed by atoms with E-state index >= 15 is 0 Å². The standard InChI is InChI=1S/C31H37F4N7O2/c1-19-15-36-29(37-16-19)40-9-6-20(7-10-40)24-12-21(24)8-11-44-23-5-4-22(25(32)14-23)13-27(43)41-17-26-38-39-28(31(33,34)35)42(26)30(2,3)18-41/h4-5,14-16,20-21,24H,6-13,17-18H2,1-3H3/t21-,24-/m1/s1. The molecule has 13 heteroatoms. The van der Waals surface area contributed by atoms with Crippen molar-refractivity contribution in [3.63, 3.8) is 0 Å². The third-order valence-electron chi connectivity index (χ3n) is 9.15. The maximum Gasteiger partial charge on any atom is 0.451 e. The maximum atomic E-state index is 15.0. The number of halogens is 4. The summed E-state index contributed by atoms with van der Waals surface area (Å²) in [5.74, 6) is 1.26. The molecule has 0 radical (unpaired) electrons. The molecular formula is C31H37F4N7O2. The minimum atomic E-state index is -4.65. The van der Waals surface area contributed by atoms with Crippen LogP contribution in [0.5, 0.6) is 5.75 Å². The van der Waals surface area contributed by atoms with Crippen LogP contribution in [0.4, 0.5) is 23.5 Å². The summed E-state index contributed by atoms with van der Waals surface area (Å²) in [7, 11) is 0. The first-order valence-electron chi connectivity index (χ1n) is 15.1. The Morgan fingerprint density at radius 1 is 1.11 bits per heavy atom. The van der Waals surface area contributed by atoms with Crippen molar-refractivity contribution in [2.45, 2.75) is 71.1 Å². The lowest BCUT2D eigenvalue weighted by Crippen LogP contribution is -2.50. The molecule has 2 atom stereocenters. The van der Waals surface area contributed by atoms with E-state index in [1.165, 1.54) is 23.5 Å². The van der Waals surface area contributed by atoms with Gasteiger partial charge in [0.15, 0.2) is 5.82 Å². The monoisotopic (exact) mass is 615 g/mol. The summed E-state index contributed by atoms with van der Waals surface area (Å²) >= 11 is 0. The second-order valence-electron chi connectivity index (χ2n) is 12.9. The summed E-state index contributed by atoms with van der Waals surface area (Å²) in [5.41, 5.74) is 0.177. The van der Waals surface area contributed by atoms with Gasteiger partial charge in [-0.15, -0.1) is 10.2 Å². The molecular weight excluding hydrogens is 578 g/mol. The van der Waals surface area contributed by atoms with E-state index in [1.807, 2.05) is 19.3 Å². The fraction of sp³-hybridized carbons (Fsp3) is 0.581. The first kappa shape index (κ1) is 30.3. The number of ether oxygens (including phenoxy) is 1. The van der Waals surface area contributed by atoms with Gasteiger partial charge in [0.2, 0.25) is 17.7 Å². The Labute approximate surface area is 253 Å². The van der Waals surface area contributed by atoms with Crippen molar-refractivity contribution >= 4 is 11.9 Å². The highest BCUT2D eigenvalue weighted by molar-refractivity contribution is 5.79. The highest BCUT2D eigenvalue weighted by atomic mass is 19.4. The Kier molecular flexibility index (Phi) is 8.00. The largest absolute Gasteiger partial charge is 0.493 e. The van der Waals surface area contributed by atoms with Crippen molar-refractivity contribution in [2.24, 2.45) is 17.8 Å². The van der Waals surface area contributed by atoms with Gasteiger partial charge in [-0.2, -0.15) is 13.2 Å². The fourth-order valence-electron chi connectivity index (χ4n) is 6.80. The molecule has 1 aliphatic carbocycles. The molecule has 3 aliphatic rings. The van der Waals surface area contributed by atoms with Gasteiger partial charge in [-0.25, -0.2) is 14.4 Å². The van der Waals surface area contributed by atoms with Crippen LogP contribution in [-0.2, 0) is 29.5 Å². The summed E-state index contributed by atoms with van der Waals surface area (Å²) in [6.07, 6.45) is 3.22. The van der Waals surface area contributed by atoms with Crippen molar-refractivity contribution in [2.75, 3.05) is 31.1 Å². The van der Waals surface area contributed by atoms with Crippen molar-refractivity contribution in [1.82, 2.24) is 29.6 Å². The molecule has 2 aromatic heterocycles. The average molecular weight is 616 g/mol. The Hall–Kier alpha value is -3.77. The van der Waals surface area contributed by atoms with E-state index in [-0.39, 0.29) is 30.9 Å². The van der Waals surface area contributed by atoms with Crippen LogP contribution in [-0.4, -0.2) is 61.8 Å². The molecule has 44 heavy (non-hydrogen) atoms. The Bertz CT molecular complexity index is 1500. The SMILES string of the molecule is Cc1cnc(N2CCC([C@H]3C[C@H]3CCOc3ccc(CC(=O)N4Cc5nnc(C(F)(F)F)n5C(C)(C)C4)c(F)c3)CC2)nc1. The molecule has 0 N–H and O–H groups in total. The summed E-state index contributed by atoms with van der Waals surface area (Å²) in [6, 6.07) is 4.49. The van der Waals surface area contributed by atoms with Crippen molar-refractivity contribution < 1.29 is 27.1 Å². The summed E-state index contributed by atoms with van der Waals surface area (Å²) in [4.78, 5) is 25.6. The maximum absolute atomic E-state index is 15.0. The Balaban J connectivity index is 0.958. The topological polar surface area (TPSA) is 89.3 Å². The van der Waals surface area contributed by atoms with E-state index in [0.29, 0.717) is 30.1 Å². The molecule has 0 spiro atoms. The van der Waals surface area contributed by atoms with Gasteiger partial charge < -0.3 is 14.5 Å². The Morgan fingerprint density at radius 3 is 2.52 bits per heavy atom. The predicted octanol–water partition coefficient (Wildman–Crippen LogP) is 5.18. The van der Waals surface area contributed by atoms with Gasteiger partial charge in [0.05, 0.1) is 25.1 Å². The number of carbonyl (C=O) groups excluding carboxylic acids is 1. The number of piperidine rings is 1. The third-order valence-corrected chi connectivity index (χ3v) is 9.15. The minimum Gasteiger partial charge on any atom is -0.493 e. The summed E-state index contributed by atoms with van der Waals surface area (Å²) in [5, 5.41) is 7.00. The van der Waals surface area contributed by atoms with E-state index in [0.717, 1.165) is 48.4 Å². The van der Waals surface area contributed by atoms with Crippen LogP contribution in [0.1, 0.15) is 62.3 Å². The van der Waals surface area contributed by atoms with E-state index < -0.39 is 29.3 Å². The van der Waals surface area contributed by atoms with Crippen LogP contribution in [0.3, 0.4) is 0 Å². The average Bonchev–Trinajstić information content (AvgIpc) is 3.59. The molecule has 9 nitrogen and oxygen atoms in total. The molecule has 1 saturated carbocycles. The molecule has 2 aliphatic heterocycles. The number of rotatable bonds is 8. The second-order valence-corrected chi connectivity index (χ2v) is 12.9. The van der Waals surface area contributed by atoms with Crippen molar-refractivity contribution in [3.05, 3.63) is 59.2 Å². The van der Waals surface area contributed by atoms with E-state index in [4.69, 9.17) is 4.74 Å². The molecule has 0 bridgehead atoms. The highest BCUT2D eigenvalue weighted by Gasteiger charge is 2.46. The lowest BCUT2D eigenvalue weighted by Gasteiger charge is -2.40. The van der Waals surface area contributed by atoms with Crippen LogP contribution >= 0.6 is 0 Å². The number of hydrogen-bond acceptors (Lipinski definition) is 7. The van der Waals surface area contributed by atoms with Gasteiger partial charge in [0.25, 0.3) is 0 Å². The predicted molar refractivity (Wildman–Crippen MR) is 153 cm³/mol. The normalized spacial score (nSPS) is 21.7. The fourth-order valence-corrected chi connectivity index (χ4v) is 6.80. The van der Waals surface area contributed by atoms with Crippen LogP contribution in [0.25, 0.3) is 0 Å². The smallest absolute Gasteiger partial charge is 0.451 e. The van der Waals surface area contributed by atoms with Gasteiger partial charge in [0.1, 0.15) is 11.6 Å². The number of aryl methyl sites for hydroxylation is 1. The first-order chi connectivity index (χ1) is 20.9. The highest BCUT2D eigenvalue weighted by Crippen LogP contribution is 2.50. The number of aromatic nitrogens is 5. The van der Waals surface area contributed by atoms with Gasteiger partial charge in [0, 0.05) is 38.1 Å². The summed E-state index contributed by atoms with van der Waals surface area (Å²) in [6.45, 7) is 7.50. The number of anilines is 1. The zero-order valence-corrected chi connectivity index (χ0v) is 25.1. The third kappa shape index (κ3) is 6.37. The minimum absolute atomic E-state index is 0.0191. The number of benzene rings is 1. The summed E-state index contributed by atoms with van der Waals surface area (Å²) < 4.78 is 62.1. The Morgan fingerprint density at radius 2 is 1.84 bits per heavy atom. The van der Waals surface area contributed by atoms with E-state index in [1.54, 1.807) is 19.9 Å². The van der Waals surface area contributed by atoms with Crippen molar-refractivity contribution in [1.29, 1.82) is 0 Å². The number of hydrogen-bond donors (Lipinski definition) is 0. The molecule has 2 fully saturated rings. The van der Waals surface area contributed by atoms with Crippen LogP contribution in [0, 0.1) is 30.5 Å². The number of nitrogens with zero attached hydrogens (tertiary/aromatic N) is 7. The van der Waals surface area contributed by atoms with Crippen LogP contribution in [0.2, 0.25) is 0 Å². The van der Waals surface area contributed by atoms with Crippen LogP contribution in [0.15, 0.2) is 30.6 Å². The van der Waals surface area contributed by atoms with Gasteiger partial charge in [-0.3, -0.25) is 9.36 Å².